The van der Waals surface area contributed by atoms with Crippen LogP contribution in [0.3, 0.4) is 0 Å². The Kier molecular flexibility index (Phi) is 4.29. The van der Waals surface area contributed by atoms with Gasteiger partial charge in [0.05, 0.1) is 6.04 Å². The van der Waals surface area contributed by atoms with E-state index >= 15 is 0 Å². The third-order valence-electron chi connectivity index (χ3n) is 5.14. The highest BCUT2D eigenvalue weighted by molar-refractivity contribution is 5.81. The Bertz CT molecular complexity index is 350. The fourth-order valence-corrected chi connectivity index (χ4v) is 3.42. The van der Waals surface area contributed by atoms with Gasteiger partial charge < -0.3 is 11.1 Å². The van der Waals surface area contributed by atoms with Crippen molar-refractivity contribution in [3.63, 3.8) is 0 Å². The third-order valence-corrected chi connectivity index (χ3v) is 5.14. The van der Waals surface area contributed by atoms with Crippen LogP contribution in [-0.4, -0.2) is 66.1 Å². The number of rotatable bonds is 4. The minimum atomic E-state index is 0.0210. The SMILES string of the molecule is CC(C(=O)NC1CC1)N1CCC(N2CCC(N)CC2)C1. The van der Waals surface area contributed by atoms with E-state index in [9.17, 15) is 4.79 Å². The van der Waals surface area contributed by atoms with E-state index in [2.05, 4.69) is 15.1 Å². The van der Waals surface area contributed by atoms with Crippen LogP contribution in [0.15, 0.2) is 0 Å². The molecule has 20 heavy (non-hydrogen) atoms. The Morgan fingerprint density at radius 3 is 2.50 bits per heavy atom. The molecule has 114 valence electrons. The van der Waals surface area contributed by atoms with Gasteiger partial charge in [0.2, 0.25) is 5.91 Å². The van der Waals surface area contributed by atoms with Gasteiger partial charge in [-0.05, 0) is 52.1 Å². The number of carbonyl (C=O) groups excluding carboxylic acids is 1. The monoisotopic (exact) mass is 280 g/mol. The molecule has 0 radical (unpaired) electrons. The average molecular weight is 280 g/mol. The van der Waals surface area contributed by atoms with Gasteiger partial charge in [-0.25, -0.2) is 0 Å². The maximum absolute atomic E-state index is 12.1. The number of nitrogens with zero attached hydrogens (tertiary/aromatic N) is 2. The molecule has 3 aliphatic rings. The molecule has 0 aromatic carbocycles. The van der Waals surface area contributed by atoms with Gasteiger partial charge in [0.15, 0.2) is 0 Å². The maximum atomic E-state index is 12.1. The van der Waals surface area contributed by atoms with Gasteiger partial charge in [-0.1, -0.05) is 0 Å². The van der Waals surface area contributed by atoms with Crippen LogP contribution in [-0.2, 0) is 4.79 Å². The number of carbonyl (C=O) groups is 1. The normalized spacial score (nSPS) is 31.4. The van der Waals surface area contributed by atoms with Crippen LogP contribution in [0.25, 0.3) is 0 Å². The Morgan fingerprint density at radius 2 is 1.85 bits per heavy atom. The van der Waals surface area contributed by atoms with Crippen LogP contribution in [0.4, 0.5) is 0 Å². The molecule has 0 spiro atoms. The van der Waals surface area contributed by atoms with Crippen LogP contribution < -0.4 is 11.1 Å². The Hall–Kier alpha value is -0.650. The quantitative estimate of drug-likeness (QED) is 0.769. The molecule has 2 unspecified atom stereocenters. The van der Waals surface area contributed by atoms with Gasteiger partial charge in [-0.2, -0.15) is 0 Å². The maximum Gasteiger partial charge on any atom is 0.237 e. The van der Waals surface area contributed by atoms with Crippen LogP contribution in [0.5, 0.6) is 0 Å². The van der Waals surface area contributed by atoms with Gasteiger partial charge in [-0.15, -0.1) is 0 Å². The summed E-state index contributed by atoms with van der Waals surface area (Å²) in [6.07, 6.45) is 5.75. The molecular formula is C15H28N4O. The summed E-state index contributed by atoms with van der Waals surface area (Å²) in [4.78, 5) is 17.0. The fraction of sp³-hybridized carbons (Fsp3) is 0.933. The smallest absolute Gasteiger partial charge is 0.237 e. The zero-order valence-electron chi connectivity index (χ0n) is 12.6. The van der Waals surface area contributed by atoms with Crippen molar-refractivity contribution in [3.8, 4) is 0 Å². The summed E-state index contributed by atoms with van der Waals surface area (Å²) in [6, 6.07) is 1.50. The van der Waals surface area contributed by atoms with Gasteiger partial charge in [0, 0.05) is 31.2 Å². The van der Waals surface area contributed by atoms with Gasteiger partial charge in [0.1, 0.15) is 0 Å². The van der Waals surface area contributed by atoms with E-state index in [1.54, 1.807) is 0 Å². The van der Waals surface area contributed by atoms with Crippen molar-refractivity contribution in [2.24, 2.45) is 5.73 Å². The lowest BCUT2D eigenvalue weighted by molar-refractivity contribution is -0.125. The predicted molar refractivity (Wildman–Crippen MR) is 79.4 cm³/mol. The van der Waals surface area contributed by atoms with Crippen molar-refractivity contribution in [3.05, 3.63) is 0 Å². The second-order valence-corrected chi connectivity index (χ2v) is 6.77. The van der Waals surface area contributed by atoms with E-state index in [4.69, 9.17) is 5.73 Å². The largest absolute Gasteiger partial charge is 0.352 e. The van der Waals surface area contributed by atoms with Crippen molar-refractivity contribution >= 4 is 5.91 Å². The van der Waals surface area contributed by atoms with Crippen LogP contribution in [0, 0.1) is 0 Å². The molecule has 2 saturated heterocycles. The number of hydrogen-bond donors (Lipinski definition) is 2. The summed E-state index contributed by atoms with van der Waals surface area (Å²) in [5.41, 5.74) is 5.97. The van der Waals surface area contributed by atoms with Gasteiger partial charge in [0.25, 0.3) is 0 Å². The zero-order chi connectivity index (χ0) is 14.1. The molecule has 2 aliphatic heterocycles. The molecule has 3 N–H and O–H groups in total. The zero-order valence-corrected chi connectivity index (χ0v) is 12.6. The highest BCUT2D eigenvalue weighted by atomic mass is 16.2. The van der Waals surface area contributed by atoms with E-state index in [1.807, 2.05) is 6.92 Å². The molecule has 1 saturated carbocycles. The van der Waals surface area contributed by atoms with E-state index in [-0.39, 0.29) is 11.9 Å². The minimum absolute atomic E-state index is 0.0210. The van der Waals surface area contributed by atoms with Crippen LogP contribution >= 0.6 is 0 Å². The molecule has 5 heteroatoms. The summed E-state index contributed by atoms with van der Waals surface area (Å²) >= 11 is 0. The summed E-state index contributed by atoms with van der Waals surface area (Å²) in [7, 11) is 0. The molecule has 1 aliphatic carbocycles. The molecule has 0 aromatic rings. The molecule has 2 heterocycles. The lowest BCUT2D eigenvalue weighted by Crippen LogP contribution is -2.48. The number of nitrogens with one attached hydrogen (secondary N) is 1. The first kappa shape index (κ1) is 14.3. The number of hydrogen-bond acceptors (Lipinski definition) is 4. The molecule has 3 fully saturated rings. The Labute approximate surface area is 121 Å². The van der Waals surface area contributed by atoms with Crippen molar-refractivity contribution < 1.29 is 4.79 Å². The molecule has 2 atom stereocenters. The number of amides is 1. The number of nitrogens with two attached hydrogens (primary N) is 1. The van der Waals surface area contributed by atoms with Crippen molar-refractivity contribution in [1.82, 2.24) is 15.1 Å². The Morgan fingerprint density at radius 1 is 1.15 bits per heavy atom. The second-order valence-electron chi connectivity index (χ2n) is 6.77. The fourth-order valence-electron chi connectivity index (χ4n) is 3.42. The van der Waals surface area contributed by atoms with Crippen LogP contribution in [0.1, 0.15) is 39.0 Å². The topological polar surface area (TPSA) is 61.6 Å². The highest BCUT2D eigenvalue weighted by Crippen LogP contribution is 2.23. The highest BCUT2D eigenvalue weighted by Gasteiger charge is 2.35. The van der Waals surface area contributed by atoms with E-state index < -0.39 is 0 Å². The second kappa shape index (κ2) is 6.00. The van der Waals surface area contributed by atoms with Crippen LogP contribution in [0.2, 0.25) is 0 Å². The summed E-state index contributed by atoms with van der Waals surface area (Å²) < 4.78 is 0. The number of piperidine rings is 1. The summed E-state index contributed by atoms with van der Waals surface area (Å²) in [6.45, 7) is 6.39. The van der Waals surface area contributed by atoms with Gasteiger partial charge in [-0.3, -0.25) is 14.6 Å². The van der Waals surface area contributed by atoms with Crippen molar-refractivity contribution in [1.29, 1.82) is 0 Å². The van der Waals surface area contributed by atoms with E-state index in [0.29, 0.717) is 18.1 Å². The lowest BCUT2D eigenvalue weighted by atomic mass is 10.0. The lowest BCUT2D eigenvalue weighted by Gasteiger charge is -2.35. The first-order valence-corrected chi connectivity index (χ1v) is 8.17. The molecule has 0 aromatic heterocycles. The first-order valence-electron chi connectivity index (χ1n) is 8.17. The average Bonchev–Trinajstić information content (AvgIpc) is 3.12. The molecule has 0 bridgehead atoms. The van der Waals surface area contributed by atoms with Gasteiger partial charge >= 0.3 is 0 Å². The number of likely N-dealkylation sites (tertiary alicyclic amines) is 2. The standard InChI is InChI=1S/C15H28N4O/c1-11(15(20)17-13-2-3-13)19-9-6-14(10-19)18-7-4-12(16)5-8-18/h11-14H,2-10,16H2,1H3,(H,17,20). The summed E-state index contributed by atoms with van der Waals surface area (Å²) in [5.74, 6) is 0.216. The molecule has 1 amide bonds. The van der Waals surface area contributed by atoms with Crippen molar-refractivity contribution in [2.45, 2.75) is 63.2 Å². The molecule has 3 rings (SSSR count). The predicted octanol–water partition coefficient (Wildman–Crippen LogP) is 0.151. The molecular weight excluding hydrogens is 252 g/mol. The first-order chi connectivity index (χ1) is 9.63. The van der Waals surface area contributed by atoms with E-state index in [0.717, 1.165) is 51.9 Å². The third kappa shape index (κ3) is 3.32. The van der Waals surface area contributed by atoms with Crippen molar-refractivity contribution in [2.75, 3.05) is 26.2 Å². The summed E-state index contributed by atoms with van der Waals surface area (Å²) in [5, 5.41) is 3.12. The molecule has 5 nitrogen and oxygen atoms in total. The van der Waals surface area contributed by atoms with E-state index in [1.165, 1.54) is 6.42 Å². The Balaban J connectivity index is 1.47. The minimum Gasteiger partial charge on any atom is -0.352 e.